The van der Waals surface area contributed by atoms with Crippen LogP contribution in [0.2, 0.25) is 0 Å². The molecule has 5 rings (SSSR count). The highest BCUT2D eigenvalue weighted by atomic mass is 127. The van der Waals surface area contributed by atoms with Crippen LogP contribution in [0.5, 0.6) is 0 Å². The number of halogens is 4. The lowest BCUT2D eigenvalue weighted by molar-refractivity contribution is -0.137. The molecule has 3 heterocycles. The van der Waals surface area contributed by atoms with Crippen molar-refractivity contribution < 1.29 is 18.0 Å². The van der Waals surface area contributed by atoms with Gasteiger partial charge in [-0.25, -0.2) is 4.98 Å². The van der Waals surface area contributed by atoms with Crippen LogP contribution in [-0.4, -0.2) is 66.0 Å². The Morgan fingerprint density at radius 1 is 0.925 bits per heavy atom. The number of benzene rings is 2. The van der Waals surface area contributed by atoms with Crippen LogP contribution in [0, 0.1) is 0 Å². The van der Waals surface area contributed by atoms with Gasteiger partial charge < -0.3 is 10.2 Å². The largest absolute Gasteiger partial charge is 0.417 e. The van der Waals surface area contributed by atoms with Crippen LogP contribution < -0.4 is 10.2 Å². The van der Waals surface area contributed by atoms with Crippen molar-refractivity contribution in [1.29, 1.82) is 0 Å². The number of amides is 1. The van der Waals surface area contributed by atoms with Crippen LogP contribution in [0.1, 0.15) is 43.9 Å². The first kappa shape index (κ1) is 28.8. The van der Waals surface area contributed by atoms with E-state index in [9.17, 15) is 18.0 Å². The number of carbonyl (C=O) groups is 1. The van der Waals surface area contributed by atoms with Gasteiger partial charge in [-0.2, -0.15) is 13.2 Å². The third-order valence-corrected chi connectivity index (χ3v) is 9.16. The molecule has 212 valence electrons. The Morgan fingerprint density at radius 3 is 2.20 bits per heavy atom. The number of likely N-dealkylation sites (tertiary alicyclic amines) is 1. The molecule has 0 spiro atoms. The van der Waals surface area contributed by atoms with E-state index in [0.29, 0.717) is 28.5 Å². The predicted molar refractivity (Wildman–Crippen MR) is 158 cm³/mol. The zero-order valence-corrected chi connectivity index (χ0v) is 24.3. The Kier molecular flexibility index (Phi) is 9.27. The van der Waals surface area contributed by atoms with Gasteiger partial charge in [-0.15, -0.1) is 0 Å². The first-order valence-electron chi connectivity index (χ1n) is 13.6. The summed E-state index contributed by atoms with van der Waals surface area (Å²) in [4.78, 5) is 23.7. The summed E-state index contributed by atoms with van der Waals surface area (Å²) >= 11 is 2.49. The number of anilines is 1. The summed E-state index contributed by atoms with van der Waals surface area (Å²) in [7, 11) is 0. The Morgan fingerprint density at radius 2 is 1.60 bits per heavy atom. The number of hydrogen-bond acceptors (Lipinski definition) is 5. The fraction of sp³-hybridized carbons (Fsp3) is 0.400. The van der Waals surface area contributed by atoms with E-state index in [2.05, 4.69) is 67.0 Å². The molecule has 0 saturated carbocycles. The normalized spacial score (nSPS) is 18.4. The maximum absolute atomic E-state index is 12.9. The number of nitrogens with zero attached hydrogens (tertiary/aromatic N) is 4. The highest BCUT2D eigenvalue weighted by Crippen LogP contribution is 2.31. The number of piperazine rings is 1. The molecule has 2 fully saturated rings. The van der Waals surface area contributed by atoms with E-state index in [1.165, 1.54) is 11.6 Å². The second kappa shape index (κ2) is 12.9. The Hall–Kier alpha value is -2.70. The maximum Gasteiger partial charge on any atom is 0.417 e. The van der Waals surface area contributed by atoms with Gasteiger partial charge in [0.1, 0.15) is 5.82 Å². The van der Waals surface area contributed by atoms with Crippen molar-refractivity contribution in [3.8, 4) is 0 Å². The Bertz CT molecular complexity index is 1240. The third-order valence-electron chi connectivity index (χ3n) is 7.65. The molecule has 0 bridgehead atoms. The molecule has 0 aliphatic carbocycles. The zero-order chi connectivity index (χ0) is 28.1. The van der Waals surface area contributed by atoms with Gasteiger partial charge >= 0.3 is 6.18 Å². The SMILES string of the molecule is O=C(NC1CCN(C(I)c2ccccc2)CC1)c1ccc(CN2CCN(c3ccc(C(F)(F)F)cn3)CC2)cc1. The number of carbonyl (C=O) groups excluding carboxylic acids is 1. The number of rotatable bonds is 7. The average molecular weight is 664 g/mol. The van der Waals surface area contributed by atoms with Gasteiger partial charge in [0, 0.05) is 63.6 Å². The van der Waals surface area contributed by atoms with Gasteiger partial charge in [0.25, 0.3) is 5.91 Å². The van der Waals surface area contributed by atoms with Crippen molar-refractivity contribution in [2.75, 3.05) is 44.2 Å². The van der Waals surface area contributed by atoms with Gasteiger partial charge in [0.05, 0.1) is 9.61 Å². The molecule has 10 heteroatoms. The lowest BCUT2D eigenvalue weighted by Crippen LogP contribution is -2.46. The van der Waals surface area contributed by atoms with Gasteiger partial charge in [0.15, 0.2) is 0 Å². The minimum atomic E-state index is -4.38. The molecule has 1 N–H and O–H groups in total. The van der Waals surface area contributed by atoms with Gasteiger partial charge in [-0.05, 0) is 48.2 Å². The number of piperidine rings is 1. The molecule has 40 heavy (non-hydrogen) atoms. The zero-order valence-electron chi connectivity index (χ0n) is 22.2. The Labute approximate surface area is 246 Å². The second-order valence-electron chi connectivity index (χ2n) is 10.4. The fourth-order valence-corrected chi connectivity index (χ4v) is 6.23. The summed E-state index contributed by atoms with van der Waals surface area (Å²) in [6.45, 7) is 5.62. The molecule has 1 unspecified atom stereocenters. The molecule has 2 saturated heterocycles. The molecule has 1 atom stereocenters. The molecule has 1 aromatic heterocycles. The van der Waals surface area contributed by atoms with Crippen LogP contribution >= 0.6 is 22.6 Å². The summed E-state index contributed by atoms with van der Waals surface area (Å²) in [5, 5.41) is 3.22. The molecule has 0 radical (unpaired) electrons. The summed E-state index contributed by atoms with van der Waals surface area (Å²) in [6, 6.07) is 21.0. The number of hydrogen-bond donors (Lipinski definition) is 1. The van der Waals surface area contributed by atoms with Crippen LogP contribution in [0.3, 0.4) is 0 Å². The van der Waals surface area contributed by atoms with E-state index < -0.39 is 11.7 Å². The summed E-state index contributed by atoms with van der Waals surface area (Å²) in [6.07, 6.45) is -1.61. The lowest BCUT2D eigenvalue weighted by Gasteiger charge is -2.35. The maximum atomic E-state index is 12.9. The molecular formula is C30H33F3IN5O. The van der Waals surface area contributed by atoms with Crippen molar-refractivity contribution in [2.24, 2.45) is 0 Å². The molecule has 1 amide bonds. The van der Waals surface area contributed by atoms with E-state index in [1.54, 1.807) is 0 Å². The first-order chi connectivity index (χ1) is 19.3. The number of nitrogens with one attached hydrogen (secondary N) is 1. The summed E-state index contributed by atoms with van der Waals surface area (Å²) in [5.74, 6) is 0.538. The van der Waals surface area contributed by atoms with E-state index in [4.69, 9.17) is 0 Å². The number of aromatic nitrogens is 1. The quantitative estimate of drug-likeness (QED) is 0.198. The second-order valence-corrected chi connectivity index (χ2v) is 11.6. The predicted octanol–water partition coefficient (Wildman–Crippen LogP) is 5.75. The van der Waals surface area contributed by atoms with E-state index in [-0.39, 0.29) is 11.9 Å². The van der Waals surface area contributed by atoms with Crippen molar-refractivity contribution in [2.45, 2.75) is 35.7 Å². The molecule has 2 aromatic carbocycles. The molecular weight excluding hydrogens is 630 g/mol. The smallest absolute Gasteiger partial charge is 0.354 e. The Balaban J connectivity index is 1.05. The van der Waals surface area contributed by atoms with Gasteiger partial charge in [-0.3, -0.25) is 14.6 Å². The molecule has 6 nitrogen and oxygen atoms in total. The van der Waals surface area contributed by atoms with Crippen molar-refractivity contribution in [3.05, 3.63) is 95.2 Å². The highest BCUT2D eigenvalue weighted by Gasteiger charge is 2.31. The highest BCUT2D eigenvalue weighted by molar-refractivity contribution is 14.1. The van der Waals surface area contributed by atoms with Gasteiger partial charge in [0.2, 0.25) is 0 Å². The lowest BCUT2D eigenvalue weighted by atomic mass is 10.0. The molecule has 3 aromatic rings. The minimum Gasteiger partial charge on any atom is -0.354 e. The third kappa shape index (κ3) is 7.32. The van der Waals surface area contributed by atoms with Crippen LogP contribution in [0.4, 0.5) is 19.0 Å². The van der Waals surface area contributed by atoms with Gasteiger partial charge in [-0.1, -0.05) is 65.1 Å². The van der Waals surface area contributed by atoms with E-state index in [1.807, 2.05) is 35.2 Å². The van der Waals surface area contributed by atoms with E-state index >= 15 is 0 Å². The first-order valence-corrected chi connectivity index (χ1v) is 14.8. The fourth-order valence-electron chi connectivity index (χ4n) is 5.26. The van der Waals surface area contributed by atoms with Crippen molar-refractivity contribution in [3.63, 3.8) is 0 Å². The average Bonchev–Trinajstić information content (AvgIpc) is 2.98. The van der Waals surface area contributed by atoms with Crippen LogP contribution in [0.25, 0.3) is 0 Å². The summed E-state index contributed by atoms with van der Waals surface area (Å²) < 4.78 is 38.7. The monoisotopic (exact) mass is 663 g/mol. The number of pyridine rings is 1. The van der Waals surface area contributed by atoms with Crippen LogP contribution in [-0.2, 0) is 12.7 Å². The topological polar surface area (TPSA) is 51.7 Å². The molecule has 2 aliphatic rings. The standard InChI is InChI=1S/C30H33F3IN5O/c31-30(32,33)25-10-11-27(35-20-25)38-18-16-37(17-19-38)21-22-6-8-24(9-7-22)29(40)36-26-12-14-39(15-13-26)28(34)23-4-2-1-3-5-23/h1-11,20,26,28H,12-19,21H2,(H,36,40). The number of alkyl halides is 4. The van der Waals surface area contributed by atoms with Crippen LogP contribution in [0.15, 0.2) is 72.9 Å². The van der Waals surface area contributed by atoms with E-state index in [0.717, 1.165) is 63.4 Å². The summed E-state index contributed by atoms with van der Waals surface area (Å²) in [5.41, 5.74) is 2.37. The van der Waals surface area contributed by atoms with Crippen molar-refractivity contribution >= 4 is 34.3 Å². The molecule has 2 aliphatic heterocycles. The minimum absolute atomic E-state index is 0.0308. The van der Waals surface area contributed by atoms with Crippen molar-refractivity contribution in [1.82, 2.24) is 20.1 Å².